The Bertz CT molecular complexity index is 1490. The Morgan fingerprint density at radius 2 is 2.00 bits per heavy atom. The summed E-state index contributed by atoms with van der Waals surface area (Å²) in [7, 11) is -4.27. The SMILES string of the molecule is CCCC(NC(=O)c1ccc(-c2cnco2)cc1)C(=O)N1CCC2C1C(=O)CN2S(=O)(=O)c1cccc[n+]1[O-]. The number of likely N-dealkylation sites (tertiary alicyclic amines) is 1. The van der Waals surface area contributed by atoms with Crippen LogP contribution < -0.4 is 10.0 Å². The van der Waals surface area contributed by atoms with E-state index in [-0.39, 0.29) is 17.7 Å². The lowest BCUT2D eigenvalue weighted by atomic mass is 10.1. The molecule has 4 heterocycles. The Morgan fingerprint density at radius 3 is 2.67 bits per heavy atom. The van der Waals surface area contributed by atoms with Crippen LogP contribution >= 0.6 is 0 Å². The van der Waals surface area contributed by atoms with Gasteiger partial charge in [0.05, 0.1) is 18.8 Å². The smallest absolute Gasteiger partial charge is 0.323 e. The predicted octanol–water partition coefficient (Wildman–Crippen LogP) is 1.12. The first-order valence-corrected chi connectivity index (χ1v) is 14.0. The minimum absolute atomic E-state index is 0.153. The average Bonchev–Trinajstić information content (AvgIpc) is 3.68. The molecule has 3 unspecified atom stereocenters. The van der Waals surface area contributed by atoms with Gasteiger partial charge in [0, 0.05) is 29.8 Å². The molecule has 2 fully saturated rings. The second-order valence-corrected chi connectivity index (χ2v) is 11.3. The van der Waals surface area contributed by atoms with Gasteiger partial charge < -0.3 is 19.8 Å². The molecule has 0 aliphatic carbocycles. The topological polar surface area (TPSA) is 157 Å². The fourth-order valence-electron chi connectivity index (χ4n) is 5.21. The molecule has 0 saturated carbocycles. The van der Waals surface area contributed by atoms with Gasteiger partial charge in [-0.15, -0.1) is 0 Å². The first-order valence-electron chi connectivity index (χ1n) is 12.6. The number of Topliss-reactive ketones (excluding diaryl/α,β-unsaturated/α-hetero) is 1. The summed E-state index contributed by atoms with van der Waals surface area (Å²) in [5.41, 5.74) is 1.08. The number of pyridine rings is 1. The van der Waals surface area contributed by atoms with Crippen molar-refractivity contribution in [2.45, 2.75) is 49.3 Å². The third kappa shape index (κ3) is 4.90. The summed E-state index contributed by atoms with van der Waals surface area (Å²) < 4.78 is 33.0. The van der Waals surface area contributed by atoms with Gasteiger partial charge in [-0.25, -0.2) is 13.4 Å². The quantitative estimate of drug-likeness (QED) is 0.321. The maximum atomic E-state index is 13.6. The van der Waals surface area contributed by atoms with Gasteiger partial charge in [-0.2, -0.15) is 9.04 Å². The summed E-state index contributed by atoms with van der Waals surface area (Å²) in [4.78, 5) is 44.9. The van der Waals surface area contributed by atoms with Crippen molar-refractivity contribution in [3.63, 3.8) is 0 Å². The van der Waals surface area contributed by atoms with Crippen LogP contribution in [0.5, 0.6) is 0 Å². The number of fused-ring (bicyclic) bond motifs is 1. The summed E-state index contributed by atoms with van der Waals surface area (Å²) in [6.45, 7) is 1.59. The molecule has 1 N–H and O–H groups in total. The molecule has 39 heavy (non-hydrogen) atoms. The third-order valence-corrected chi connectivity index (χ3v) is 8.93. The highest BCUT2D eigenvalue weighted by Gasteiger charge is 2.55. The largest absolute Gasteiger partial charge is 0.618 e. The van der Waals surface area contributed by atoms with Crippen LogP contribution in [-0.2, 0) is 19.6 Å². The molecule has 2 aliphatic rings. The molecular weight excluding hydrogens is 526 g/mol. The van der Waals surface area contributed by atoms with Crippen molar-refractivity contribution in [3.05, 3.63) is 72.0 Å². The van der Waals surface area contributed by atoms with Gasteiger partial charge in [0.1, 0.15) is 12.1 Å². The zero-order valence-corrected chi connectivity index (χ0v) is 21.9. The summed E-state index contributed by atoms with van der Waals surface area (Å²) in [6.07, 6.45) is 5.12. The van der Waals surface area contributed by atoms with Gasteiger partial charge in [-0.05, 0) is 31.0 Å². The Balaban J connectivity index is 1.32. The van der Waals surface area contributed by atoms with E-state index >= 15 is 0 Å². The summed E-state index contributed by atoms with van der Waals surface area (Å²) in [6, 6.07) is 8.01. The number of hydrogen-bond acceptors (Lipinski definition) is 8. The molecule has 0 bridgehead atoms. The van der Waals surface area contributed by atoms with Gasteiger partial charge in [-0.3, -0.25) is 14.4 Å². The molecule has 0 spiro atoms. The number of hydrogen-bond donors (Lipinski definition) is 1. The number of sulfonamides is 1. The standard InChI is InChI=1S/C26H27N5O7S/c1-2-5-19(28-25(33)18-9-7-17(8-10-18)22-14-27-16-38-22)26(34)29-13-11-20-24(29)21(32)15-31(20)39(36,37)23-6-3-4-12-30(23)35/h3-4,6-10,12,14,16,19-20,24H,2,5,11,13,15H2,1H3,(H,28,33). The molecule has 1 aromatic carbocycles. The van der Waals surface area contributed by atoms with Crippen molar-refractivity contribution in [2.75, 3.05) is 13.1 Å². The lowest BCUT2D eigenvalue weighted by molar-refractivity contribution is -0.646. The van der Waals surface area contributed by atoms with E-state index in [2.05, 4.69) is 10.3 Å². The number of amides is 2. The second kappa shape index (κ2) is 10.6. The molecular formula is C26H27N5O7S. The number of nitrogens with zero attached hydrogens (tertiary/aromatic N) is 4. The molecule has 2 amide bonds. The zero-order valence-electron chi connectivity index (χ0n) is 21.1. The van der Waals surface area contributed by atoms with Gasteiger partial charge in [0.15, 0.2) is 24.1 Å². The number of carbonyl (C=O) groups excluding carboxylic acids is 3. The first-order chi connectivity index (χ1) is 18.7. The van der Waals surface area contributed by atoms with Crippen LogP contribution in [0, 0.1) is 5.21 Å². The van der Waals surface area contributed by atoms with Crippen LogP contribution in [0.2, 0.25) is 0 Å². The zero-order chi connectivity index (χ0) is 27.7. The Morgan fingerprint density at radius 1 is 1.23 bits per heavy atom. The van der Waals surface area contributed by atoms with E-state index in [0.717, 1.165) is 16.1 Å². The second-order valence-electron chi connectivity index (χ2n) is 9.47. The number of benzene rings is 1. The summed E-state index contributed by atoms with van der Waals surface area (Å²) in [5, 5.41) is 14.4. The number of oxazole rings is 1. The van der Waals surface area contributed by atoms with E-state index in [9.17, 15) is 28.0 Å². The lowest BCUT2D eigenvalue weighted by Crippen LogP contribution is -2.52. The first kappa shape index (κ1) is 26.5. The Kier molecular flexibility index (Phi) is 7.19. The molecule has 204 valence electrons. The number of carbonyl (C=O) groups is 3. The van der Waals surface area contributed by atoms with E-state index in [1.165, 1.54) is 29.5 Å². The molecule has 3 aromatic rings. The third-order valence-electron chi connectivity index (χ3n) is 7.07. The highest BCUT2D eigenvalue weighted by molar-refractivity contribution is 7.89. The predicted molar refractivity (Wildman–Crippen MR) is 136 cm³/mol. The Labute approximate surface area is 224 Å². The van der Waals surface area contributed by atoms with E-state index in [1.54, 1.807) is 30.5 Å². The van der Waals surface area contributed by atoms with Crippen molar-refractivity contribution >= 4 is 27.6 Å². The van der Waals surface area contributed by atoms with E-state index < -0.39 is 57.3 Å². The summed E-state index contributed by atoms with van der Waals surface area (Å²) in [5.74, 6) is -0.763. The molecule has 0 radical (unpaired) electrons. The number of ketones is 1. The van der Waals surface area contributed by atoms with Gasteiger partial charge in [0.25, 0.3) is 5.91 Å². The minimum Gasteiger partial charge on any atom is -0.618 e. The van der Waals surface area contributed by atoms with Gasteiger partial charge in [-0.1, -0.05) is 25.5 Å². The highest BCUT2D eigenvalue weighted by atomic mass is 32.2. The lowest BCUT2D eigenvalue weighted by Gasteiger charge is -2.28. The van der Waals surface area contributed by atoms with E-state index in [1.807, 2.05) is 6.92 Å². The maximum Gasteiger partial charge on any atom is 0.323 e. The van der Waals surface area contributed by atoms with Crippen LogP contribution in [0.4, 0.5) is 0 Å². The highest BCUT2D eigenvalue weighted by Crippen LogP contribution is 2.34. The maximum absolute atomic E-state index is 13.6. The fourth-order valence-corrected chi connectivity index (χ4v) is 6.86. The van der Waals surface area contributed by atoms with Crippen LogP contribution in [0.3, 0.4) is 0 Å². The van der Waals surface area contributed by atoms with Crippen LogP contribution in [0.1, 0.15) is 36.5 Å². The van der Waals surface area contributed by atoms with Crippen molar-refractivity contribution in [2.24, 2.45) is 0 Å². The molecule has 2 aliphatic heterocycles. The Hall–Kier alpha value is -4.10. The number of rotatable bonds is 8. The average molecular weight is 554 g/mol. The number of nitrogens with one attached hydrogen (secondary N) is 1. The van der Waals surface area contributed by atoms with E-state index in [4.69, 9.17) is 4.42 Å². The van der Waals surface area contributed by atoms with Crippen molar-refractivity contribution < 1.29 is 31.9 Å². The normalized spacial score (nSPS) is 20.1. The molecule has 2 aromatic heterocycles. The van der Waals surface area contributed by atoms with E-state index in [0.29, 0.717) is 24.2 Å². The van der Waals surface area contributed by atoms with Crippen molar-refractivity contribution in [1.29, 1.82) is 0 Å². The number of aromatic nitrogens is 2. The summed E-state index contributed by atoms with van der Waals surface area (Å²) >= 11 is 0. The molecule has 12 nitrogen and oxygen atoms in total. The fraction of sp³-hybridized carbons (Fsp3) is 0.346. The van der Waals surface area contributed by atoms with Gasteiger partial charge in [0.2, 0.25) is 5.91 Å². The van der Waals surface area contributed by atoms with Gasteiger partial charge >= 0.3 is 15.0 Å². The molecule has 5 rings (SSSR count). The van der Waals surface area contributed by atoms with Crippen LogP contribution in [0.15, 0.2) is 70.7 Å². The molecule has 13 heteroatoms. The molecule has 3 atom stereocenters. The minimum atomic E-state index is -4.27. The van der Waals surface area contributed by atoms with Crippen LogP contribution in [-0.4, -0.2) is 71.4 Å². The van der Waals surface area contributed by atoms with Crippen molar-refractivity contribution in [1.82, 2.24) is 19.5 Å². The molecule has 2 saturated heterocycles. The monoisotopic (exact) mass is 553 g/mol. The van der Waals surface area contributed by atoms with Crippen LogP contribution in [0.25, 0.3) is 11.3 Å². The van der Waals surface area contributed by atoms with Crippen molar-refractivity contribution in [3.8, 4) is 11.3 Å².